The van der Waals surface area contributed by atoms with Crippen molar-refractivity contribution in [2.75, 3.05) is 24.6 Å². The summed E-state index contributed by atoms with van der Waals surface area (Å²) in [5.41, 5.74) is -0.640. The molecule has 0 radical (unpaired) electrons. The number of hydrogen-bond donors (Lipinski definition) is 2. The third-order valence-electron chi connectivity index (χ3n) is 7.27. The number of benzene rings is 2. The molecule has 2 aromatic carbocycles. The standard InChI is InChI=1S/C25H25BrN2O6/c1-2-9-27(16-8-7-14-5-3-4-6-15(14)12-16)23(31)21-25-13-17(26)20(34-25)18(24(32)33)19(25)22(30)28(21)10-11-29/h2-8,12,17-21,29H,1,9-11,13H2,(H,32,33)/t17?,18-,19-,20-,21?,25?/m0/s1. The second-order valence-corrected chi connectivity index (χ2v) is 10.2. The summed E-state index contributed by atoms with van der Waals surface area (Å²) in [6.07, 6.45) is 1.23. The Labute approximate surface area is 204 Å². The summed E-state index contributed by atoms with van der Waals surface area (Å²) in [5, 5.41) is 21.6. The Kier molecular flexibility index (Phi) is 5.74. The van der Waals surface area contributed by atoms with Crippen LogP contribution in [0.3, 0.4) is 0 Å². The average Bonchev–Trinajstić information content (AvgIpc) is 3.41. The quantitative estimate of drug-likeness (QED) is 0.421. The lowest BCUT2D eigenvalue weighted by atomic mass is 9.70. The van der Waals surface area contributed by atoms with Crippen molar-refractivity contribution in [2.45, 2.75) is 29.0 Å². The van der Waals surface area contributed by atoms with Crippen LogP contribution in [-0.4, -0.2) is 75.2 Å². The van der Waals surface area contributed by atoms with Gasteiger partial charge in [-0.1, -0.05) is 52.3 Å². The molecule has 0 aromatic heterocycles. The molecule has 6 atom stereocenters. The van der Waals surface area contributed by atoms with E-state index in [1.54, 1.807) is 11.0 Å². The summed E-state index contributed by atoms with van der Waals surface area (Å²) in [6, 6.07) is 12.4. The number of carbonyl (C=O) groups excluding carboxylic acids is 2. The minimum atomic E-state index is -1.28. The first-order chi connectivity index (χ1) is 16.3. The van der Waals surface area contributed by atoms with E-state index in [0.29, 0.717) is 12.1 Å². The van der Waals surface area contributed by atoms with E-state index in [0.717, 1.165) is 10.8 Å². The van der Waals surface area contributed by atoms with Gasteiger partial charge in [0.15, 0.2) is 0 Å². The number of nitrogens with zero attached hydrogens (tertiary/aromatic N) is 2. The molecule has 2 amide bonds. The van der Waals surface area contributed by atoms with Crippen molar-refractivity contribution in [1.29, 1.82) is 0 Å². The van der Waals surface area contributed by atoms with Gasteiger partial charge >= 0.3 is 5.97 Å². The molecule has 3 fully saturated rings. The van der Waals surface area contributed by atoms with Crippen LogP contribution < -0.4 is 4.90 Å². The number of likely N-dealkylation sites (tertiary alicyclic amines) is 1. The number of hydrogen-bond acceptors (Lipinski definition) is 5. The zero-order valence-electron chi connectivity index (χ0n) is 18.3. The van der Waals surface area contributed by atoms with Crippen molar-refractivity contribution in [1.82, 2.24) is 4.90 Å². The molecule has 178 valence electrons. The summed E-state index contributed by atoms with van der Waals surface area (Å²) >= 11 is 3.52. The van der Waals surface area contributed by atoms with Crippen LogP contribution in [-0.2, 0) is 19.1 Å². The predicted octanol–water partition coefficient (Wildman–Crippen LogP) is 2.18. The molecule has 2 aromatic rings. The van der Waals surface area contributed by atoms with Crippen LogP contribution in [0.5, 0.6) is 0 Å². The maximum Gasteiger partial charge on any atom is 0.310 e. The molecule has 34 heavy (non-hydrogen) atoms. The van der Waals surface area contributed by atoms with E-state index in [2.05, 4.69) is 22.5 Å². The van der Waals surface area contributed by atoms with Gasteiger partial charge in [0, 0.05) is 23.6 Å². The molecular weight excluding hydrogens is 504 g/mol. The van der Waals surface area contributed by atoms with E-state index < -0.39 is 41.5 Å². The normalized spacial score (nSPS) is 31.6. The van der Waals surface area contributed by atoms with E-state index in [4.69, 9.17) is 4.74 Å². The van der Waals surface area contributed by atoms with Gasteiger partial charge in [0.25, 0.3) is 5.91 Å². The number of carboxylic acids is 1. The fourth-order valence-corrected chi connectivity index (χ4v) is 6.93. The van der Waals surface area contributed by atoms with Crippen LogP contribution in [0.25, 0.3) is 10.8 Å². The van der Waals surface area contributed by atoms with Crippen molar-refractivity contribution in [3.05, 3.63) is 55.1 Å². The number of rotatable bonds is 7. The van der Waals surface area contributed by atoms with Crippen LogP contribution in [0, 0.1) is 11.8 Å². The van der Waals surface area contributed by atoms with E-state index in [9.17, 15) is 24.6 Å². The van der Waals surface area contributed by atoms with Crippen molar-refractivity contribution in [3.63, 3.8) is 0 Å². The Bertz CT molecular complexity index is 1190. The Balaban J connectivity index is 1.60. The Morgan fingerprint density at radius 3 is 2.68 bits per heavy atom. The van der Waals surface area contributed by atoms with Gasteiger partial charge in [-0.25, -0.2) is 0 Å². The number of alkyl halides is 1. The molecule has 3 unspecified atom stereocenters. The summed E-state index contributed by atoms with van der Waals surface area (Å²) in [5.74, 6) is -4.00. The van der Waals surface area contributed by atoms with E-state index in [1.165, 1.54) is 4.90 Å². The highest BCUT2D eigenvalue weighted by Crippen LogP contribution is 2.60. The van der Waals surface area contributed by atoms with Crippen LogP contribution >= 0.6 is 15.9 Å². The molecule has 5 rings (SSSR count). The zero-order chi connectivity index (χ0) is 24.2. The summed E-state index contributed by atoms with van der Waals surface area (Å²) < 4.78 is 6.24. The van der Waals surface area contributed by atoms with Crippen molar-refractivity contribution in [2.24, 2.45) is 11.8 Å². The average molecular weight is 529 g/mol. The lowest BCUT2D eigenvalue weighted by Gasteiger charge is -2.37. The molecule has 0 aliphatic carbocycles. The molecule has 1 spiro atoms. The van der Waals surface area contributed by atoms with Gasteiger partial charge in [-0.3, -0.25) is 14.4 Å². The number of halogens is 1. The molecule has 8 nitrogen and oxygen atoms in total. The number of anilines is 1. The minimum absolute atomic E-state index is 0.0829. The Morgan fingerprint density at radius 2 is 2.00 bits per heavy atom. The molecule has 3 aliphatic heterocycles. The van der Waals surface area contributed by atoms with E-state index in [1.807, 2.05) is 42.5 Å². The minimum Gasteiger partial charge on any atom is -0.481 e. The van der Waals surface area contributed by atoms with Crippen LogP contribution in [0.2, 0.25) is 0 Å². The molecule has 2 N–H and O–H groups in total. The second-order valence-electron chi connectivity index (χ2n) is 9.03. The van der Waals surface area contributed by atoms with Gasteiger partial charge in [0.05, 0.1) is 24.5 Å². The van der Waals surface area contributed by atoms with E-state index in [-0.39, 0.29) is 30.4 Å². The first kappa shape index (κ1) is 23.0. The van der Waals surface area contributed by atoms with Crippen molar-refractivity contribution >= 4 is 50.2 Å². The van der Waals surface area contributed by atoms with Gasteiger partial charge in [-0.2, -0.15) is 0 Å². The van der Waals surface area contributed by atoms with Gasteiger partial charge in [0.2, 0.25) is 5.91 Å². The predicted molar refractivity (Wildman–Crippen MR) is 129 cm³/mol. The Morgan fingerprint density at radius 1 is 1.26 bits per heavy atom. The Hall–Kier alpha value is -2.75. The number of aliphatic carboxylic acids is 1. The highest BCUT2D eigenvalue weighted by molar-refractivity contribution is 9.09. The maximum absolute atomic E-state index is 14.2. The lowest BCUT2D eigenvalue weighted by Crippen LogP contribution is -2.57. The van der Waals surface area contributed by atoms with E-state index >= 15 is 0 Å². The zero-order valence-corrected chi connectivity index (χ0v) is 19.9. The van der Waals surface area contributed by atoms with Gasteiger partial charge < -0.3 is 24.7 Å². The third kappa shape index (κ3) is 3.21. The number of amides is 2. The fourth-order valence-electron chi connectivity index (χ4n) is 5.98. The first-order valence-corrected chi connectivity index (χ1v) is 12.1. The number of aliphatic hydroxyl groups excluding tert-OH is 1. The molecule has 3 heterocycles. The number of ether oxygens (including phenoxy) is 1. The number of β-amino-alcohol motifs (C(OH)–C–C–N with tert-alkyl or cyclic N) is 1. The van der Waals surface area contributed by atoms with Crippen LogP contribution in [0.15, 0.2) is 55.1 Å². The largest absolute Gasteiger partial charge is 0.481 e. The van der Waals surface area contributed by atoms with Crippen molar-refractivity contribution < 1.29 is 29.3 Å². The van der Waals surface area contributed by atoms with Gasteiger partial charge in [0.1, 0.15) is 11.6 Å². The lowest BCUT2D eigenvalue weighted by molar-refractivity contribution is -0.149. The number of fused-ring (bicyclic) bond motifs is 2. The highest BCUT2D eigenvalue weighted by atomic mass is 79.9. The molecule has 0 saturated carbocycles. The molecule has 2 bridgehead atoms. The molecular formula is C25H25BrN2O6. The topological polar surface area (TPSA) is 107 Å². The molecule has 3 aliphatic rings. The summed E-state index contributed by atoms with van der Waals surface area (Å²) in [6.45, 7) is 3.55. The van der Waals surface area contributed by atoms with Gasteiger partial charge in [-0.05, 0) is 29.3 Å². The molecule has 3 saturated heterocycles. The number of carboxylic acid groups (broad SMARTS) is 1. The smallest absolute Gasteiger partial charge is 0.310 e. The highest BCUT2D eigenvalue weighted by Gasteiger charge is 2.76. The van der Waals surface area contributed by atoms with Gasteiger partial charge in [-0.15, -0.1) is 6.58 Å². The fraction of sp³-hybridized carbons (Fsp3) is 0.400. The summed E-state index contributed by atoms with van der Waals surface area (Å²) in [4.78, 5) is 42.3. The monoisotopic (exact) mass is 528 g/mol. The van der Waals surface area contributed by atoms with Crippen LogP contribution in [0.1, 0.15) is 6.42 Å². The maximum atomic E-state index is 14.2. The summed E-state index contributed by atoms with van der Waals surface area (Å²) in [7, 11) is 0. The van der Waals surface area contributed by atoms with Crippen molar-refractivity contribution in [3.8, 4) is 0 Å². The second kappa shape index (κ2) is 8.48. The first-order valence-electron chi connectivity index (χ1n) is 11.2. The number of aliphatic hydroxyl groups is 1. The SMILES string of the molecule is C=CCN(C(=O)C1N(CCO)C(=O)[C@@H]2[C@H](C(=O)O)[C@H]3OC12CC3Br)c1ccc2ccccc2c1. The van der Waals surface area contributed by atoms with Crippen LogP contribution in [0.4, 0.5) is 5.69 Å². The molecule has 9 heteroatoms. The number of carbonyl (C=O) groups is 3. The third-order valence-corrected chi connectivity index (χ3v) is 8.12.